The predicted molar refractivity (Wildman–Crippen MR) is 143 cm³/mol. The van der Waals surface area contributed by atoms with Gasteiger partial charge in [-0.15, -0.1) is 0 Å². The first-order valence-electron chi connectivity index (χ1n) is 13.1. The van der Waals surface area contributed by atoms with Crippen LogP contribution < -0.4 is 10.1 Å². The zero-order valence-electron chi connectivity index (χ0n) is 21.6. The van der Waals surface area contributed by atoms with Crippen molar-refractivity contribution >= 4 is 0 Å². The zero-order valence-corrected chi connectivity index (χ0v) is 21.6. The van der Waals surface area contributed by atoms with Gasteiger partial charge in [0.15, 0.2) is 0 Å². The van der Waals surface area contributed by atoms with Crippen LogP contribution in [0.15, 0.2) is 78.9 Å². The maximum Gasteiger partial charge on any atom is 0.123 e. The molecule has 5 nitrogen and oxygen atoms in total. The molecule has 3 aliphatic heterocycles. The molecule has 5 heteroatoms. The van der Waals surface area contributed by atoms with Crippen LogP contribution in [0.2, 0.25) is 0 Å². The highest BCUT2D eigenvalue weighted by Gasteiger charge is 2.46. The molecule has 190 valence electrons. The van der Waals surface area contributed by atoms with Crippen LogP contribution in [0.1, 0.15) is 54.9 Å². The normalized spacial score (nSPS) is 23.7. The van der Waals surface area contributed by atoms with Crippen LogP contribution >= 0.6 is 0 Å². The average Bonchev–Trinajstić information content (AvgIpc) is 2.94. The molecule has 0 saturated carbocycles. The number of benzene rings is 3. The van der Waals surface area contributed by atoms with Crippen LogP contribution in [0.4, 0.5) is 0 Å². The van der Waals surface area contributed by atoms with Crippen LogP contribution in [-0.2, 0) is 17.0 Å². The molecule has 3 saturated heterocycles. The van der Waals surface area contributed by atoms with Crippen molar-refractivity contribution in [3.05, 3.63) is 101 Å². The van der Waals surface area contributed by atoms with Crippen molar-refractivity contribution < 1.29 is 14.9 Å². The third-order valence-corrected chi connectivity index (χ3v) is 8.26. The molecule has 2 bridgehead atoms. The van der Waals surface area contributed by atoms with Gasteiger partial charge in [-0.25, -0.2) is 4.89 Å². The predicted octanol–water partition coefficient (Wildman–Crippen LogP) is 5.80. The second-order valence-electron chi connectivity index (χ2n) is 10.7. The topological polar surface area (TPSA) is 54.0 Å². The molecular weight excluding hydrogens is 448 g/mol. The van der Waals surface area contributed by atoms with Gasteiger partial charge in [0.2, 0.25) is 0 Å². The molecule has 3 aliphatic rings. The van der Waals surface area contributed by atoms with Gasteiger partial charge in [-0.3, -0.25) is 10.2 Å². The van der Waals surface area contributed by atoms with Crippen molar-refractivity contribution in [2.24, 2.45) is 5.92 Å². The Labute approximate surface area is 215 Å². The minimum atomic E-state index is -0.787. The van der Waals surface area contributed by atoms with Crippen molar-refractivity contribution in [2.45, 2.75) is 56.8 Å². The van der Waals surface area contributed by atoms with Gasteiger partial charge >= 0.3 is 0 Å². The van der Waals surface area contributed by atoms with E-state index in [1.54, 1.807) is 7.11 Å². The highest BCUT2D eigenvalue weighted by Crippen LogP contribution is 2.42. The molecule has 3 aromatic carbocycles. The van der Waals surface area contributed by atoms with E-state index in [-0.39, 0.29) is 0 Å². The van der Waals surface area contributed by atoms with Gasteiger partial charge in [0, 0.05) is 30.1 Å². The fourth-order valence-electron chi connectivity index (χ4n) is 6.27. The van der Waals surface area contributed by atoms with E-state index in [2.05, 4.69) is 76.9 Å². The molecule has 2 atom stereocenters. The smallest absolute Gasteiger partial charge is 0.123 e. The number of methoxy groups -OCH3 is 1. The molecule has 0 amide bonds. The van der Waals surface area contributed by atoms with Crippen molar-refractivity contribution in [1.82, 2.24) is 10.2 Å². The first kappa shape index (κ1) is 25.0. The van der Waals surface area contributed by atoms with Gasteiger partial charge in [-0.1, -0.05) is 66.7 Å². The summed E-state index contributed by atoms with van der Waals surface area (Å²) in [7, 11) is 1.71. The molecule has 3 aromatic rings. The fraction of sp³-hybridized carbons (Fsp3) is 0.419. The van der Waals surface area contributed by atoms with Crippen LogP contribution in [0.3, 0.4) is 0 Å². The lowest BCUT2D eigenvalue weighted by atomic mass is 9.70. The van der Waals surface area contributed by atoms with Crippen LogP contribution in [0, 0.1) is 5.92 Å². The summed E-state index contributed by atoms with van der Waals surface area (Å²) in [5.74, 6) is 1.78. The van der Waals surface area contributed by atoms with Crippen molar-refractivity contribution in [3.63, 3.8) is 0 Å². The molecule has 0 radical (unpaired) electrons. The maximum absolute atomic E-state index is 9.43. The molecule has 6 rings (SSSR count). The largest absolute Gasteiger partial charge is 0.496 e. The molecule has 36 heavy (non-hydrogen) atoms. The quantitative estimate of drug-likeness (QED) is 0.296. The van der Waals surface area contributed by atoms with E-state index in [4.69, 9.17) is 9.62 Å². The Morgan fingerprint density at radius 1 is 0.944 bits per heavy atom. The Bertz CT molecular complexity index is 1090. The standard InChI is InChI=1S/C31H38N2O3/c1-31(2,36-34)26-14-15-27(35-3)25(20-26)21-32-29-24-16-18-33(19-17-24)30(29)28(22-10-6-4-7-11-22)23-12-8-5-9-13-23/h4-15,20,24,28-30,32,34H,16-19,21H2,1-3H3/t29-,30-/m0/s1. The van der Waals surface area contributed by atoms with E-state index in [1.165, 1.54) is 24.0 Å². The fourth-order valence-corrected chi connectivity index (χ4v) is 6.27. The SMILES string of the molecule is COc1ccc(C(C)(C)OO)cc1CN[C@H]1C2CCN(CC2)[C@H]1C(c1ccccc1)c1ccccc1. The third kappa shape index (κ3) is 4.94. The molecule has 0 aliphatic carbocycles. The minimum absolute atomic E-state index is 0.294. The van der Waals surface area contributed by atoms with E-state index >= 15 is 0 Å². The Hall–Kier alpha value is -2.70. The third-order valence-electron chi connectivity index (χ3n) is 8.26. The van der Waals surface area contributed by atoms with Gasteiger partial charge in [-0.2, -0.15) is 0 Å². The molecule has 0 unspecified atom stereocenters. The maximum atomic E-state index is 9.43. The van der Waals surface area contributed by atoms with E-state index in [0.29, 0.717) is 30.5 Å². The summed E-state index contributed by atoms with van der Waals surface area (Å²) < 4.78 is 5.71. The number of rotatable bonds is 9. The second kappa shape index (κ2) is 10.7. The number of fused-ring (bicyclic) bond motifs is 3. The summed E-state index contributed by atoms with van der Waals surface area (Å²) in [6, 6.07) is 28.7. The molecule has 3 fully saturated rings. The molecule has 0 spiro atoms. The van der Waals surface area contributed by atoms with E-state index < -0.39 is 5.60 Å². The highest BCUT2D eigenvalue weighted by atomic mass is 17.1. The summed E-state index contributed by atoms with van der Waals surface area (Å²) in [4.78, 5) is 7.47. The lowest BCUT2D eigenvalue weighted by molar-refractivity contribution is -0.318. The van der Waals surface area contributed by atoms with Crippen LogP contribution in [0.25, 0.3) is 0 Å². The van der Waals surface area contributed by atoms with Gasteiger partial charge < -0.3 is 10.1 Å². The number of nitrogens with one attached hydrogen (secondary N) is 1. The van der Waals surface area contributed by atoms with E-state index in [1.807, 2.05) is 26.0 Å². The minimum Gasteiger partial charge on any atom is -0.496 e. The molecule has 2 N–H and O–H groups in total. The number of ether oxygens (including phenoxy) is 1. The molecular formula is C31H38N2O3. The van der Waals surface area contributed by atoms with Gasteiger partial charge in [-0.05, 0) is 74.5 Å². The van der Waals surface area contributed by atoms with Crippen molar-refractivity contribution in [1.29, 1.82) is 0 Å². The Morgan fingerprint density at radius 2 is 1.56 bits per heavy atom. The summed E-state index contributed by atoms with van der Waals surface area (Å²) in [5.41, 5.74) is 3.94. The van der Waals surface area contributed by atoms with Crippen molar-refractivity contribution in [2.75, 3.05) is 20.2 Å². The Morgan fingerprint density at radius 3 is 2.11 bits per heavy atom. The molecule has 0 aromatic heterocycles. The summed E-state index contributed by atoms with van der Waals surface area (Å²) in [5, 5.41) is 13.4. The summed E-state index contributed by atoms with van der Waals surface area (Å²) in [6.07, 6.45) is 2.46. The first-order valence-corrected chi connectivity index (χ1v) is 13.1. The second-order valence-corrected chi connectivity index (χ2v) is 10.7. The first-order chi connectivity index (χ1) is 17.5. The van der Waals surface area contributed by atoms with Crippen molar-refractivity contribution in [3.8, 4) is 5.75 Å². The number of piperidine rings is 3. The van der Waals surface area contributed by atoms with Gasteiger partial charge in [0.25, 0.3) is 0 Å². The zero-order chi connectivity index (χ0) is 25.1. The number of hydrogen-bond acceptors (Lipinski definition) is 5. The number of hydrogen-bond donors (Lipinski definition) is 2. The van der Waals surface area contributed by atoms with Crippen LogP contribution in [0.5, 0.6) is 5.75 Å². The van der Waals surface area contributed by atoms with E-state index in [9.17, 15) is 5.26 Å². The lowest BCUT2D eigenvalue weighted by Crippen LogP contribution is -2.64. The summed E-state index contributed by atoms with van der Waals surface area (Å²) in [6.45, 7) is 6.73. The monoisotopic (exact) mass is 486 g/mol. The van der Waals surface area contributed by atoms with E-state index in [0.717, 1.165) is 30.0 Å². The highest BCUT2D eigenvalue weighted by molar-refractivity contribution is 5.40. The average molecular weight is 487 g/mol. The lowest BCUT2D eigenvalue weighted by Gasteiger charge is -2.54. The Kier molecular flexibility index (Phi) is 7.44. The van der Waals surface area contributed by atoms with Gasteiger partial charge in [0.1, 0.15) is 11.4 Å². The number of nitrogens with zero attached hydrogens (tertiary/aromatic N) is 1. The summed E-state index contributed by atoms with van der Waals surface area (Å²) >= 11 is 0. The Balaban J connectivity index is 1.48. The van der Waals surface area contributed by atoms with Gasteiger partial charge in [0.05, 0.1) is 7.11 Å². The molecule has 3 heterocycles. The van der Waals surface area contributed by atoms with Crippen LogP contribution in [-0.4, -0.2) is 42.4 Å².